The van der Waals surface area contributed by atoms with E-state index in [1.807, 2.05) is 44.2 Å². The van der Waals surface area contributed by atoms with Gasteiger partial charge in [-0.3, -0.25) is 4.79 Å². The summed E-state index contributed by atoms with van der Waals surface area (Å²) in [5.41, 5.74) is 0.901. The molecule has 0 aliphatic heterocycles. The van der Waals surface area contributed by atoms with Crippen LogP contribution in [0.2, 0.25) is 0 Å². The van der Waals surface area contributed by atoms with Gasteiger partial charge in [-0.25, -0.2) is 0 Å². The predicted molar refractivity (Wildman–Crippen MR) is 95.8 cm³/mol. The van der Waals surface area contributed by atoms with Crippen molar-refractivity contribution >= 4 is 11.9 Å². The van der Waals surface area contributed by atoms with Gasteiger partial charge in [-0.1, -0.05) is 36.4 Å². The Kier molecular flexibility index (Phi) is 6.56. The fraction of sp³-hybridized carbons (Fsp3) is 0.350. The summed E-state index contributed by atoms with van der Waals surface area (Å²) in [6, 6.07) is 9.48. The van der Waals surface area contributed by atoms with Crippen LogP contribution in [0.3, 0.4) is 0 Å². The number of hydrogen-bond acceptors (Lipinski definition) is 5. The largest absolute Gasteiger partial charge is 0.511 e. The number of allylic oxidation sites excluding steroid dienone is 1. The molecule has 0 saturated heterocycles. The van der Waals surface area contributed by atoms with E-state index in [0.29, 0.717) is 19.0 Å². The quantitative estimate of drug-likeness (QED) is 0.576. The minimum absolute atomic E-state index is 0.149. The number of aliphatic hydroxyl groups excluding tert-OH is 1. The zero-order chi connectivity index (χ0) is 18.3. The topological polar surface area (TPSA) is 65.0 Å². The van der Waals surface area contributed by atoms with E-state index < -0.39 is 11.7 Å². The zero-order valence-electron chi connectivity index (χ0n) is 14.8. The van der Waals surface area contributed by atoms with Gasteiger partial charge in [-0.15, -0.1) is 0 Å². The first-order chi connectivity index (χ1) is 12.0. The minimum atomic E-state index is -1.23. The summed E-state index contributed by atoms with van der Waals surface area (Å²) in [4.78, 5) is 12.6. The van der Waals surface area contributed by atoms with Crippen LogP contribution in [-0.4, -0.2) is 37.0 Å². The van der Waals surface area contributed by atoms with Gasteiger partial charge in [-0.05, 0) is 25.5 Å². The predicted octanol–water partition coefficient (Wildman–Crippen LogP) is 3.64. The molecule has 1 aromatic carbocycles. The second-order valence-electron chi connectivity index (χ2n) is 5.49. The highest BCUT2D eigenvalue weighted by Gasteiger charge is 2.39. The molecule has 1 aliphatic carbocycles. The molecule has 5 heteroatoms. The van der Waals surface area contributed by atoms with E-state index in [1.165, 1.54) is 19.3 Å². The molecule has 2 rings (SSSR count). The molecule has 0 amide bonds. The molecule has 0 radical (unpaired) electrons. The molecule has 25 heavy (non-hydrogen) atoms. The SMILES string of the molecule is CCOC1=CC(OC)(OCC)C=C(O)C1C(=O)/C=C/c1ccccc1. The van der Waals surface area contributed by atoms with Crippen molar-refractivity contribution in [2.24, 2.45) is 5.92 Å². The molecule has 134 valence electrons. The van der Waals surface area contributed by atoms with Gasteiger partial charge in [0.05, 0.1) is 6.61 Å². The number of aliphatic hydroxyl groups is 1. The van der Waals surface area contributed by atoms with Crippen LogP contribution in [0.4, 0.5) is 0 Å². The van der Waals surface area contributed by atoms with Crippen molar-refractivity contribution in [3.63, 3.8) is 0 Å². The highest BCUT2D eigenvalue weighted by molar-refractivity contribution is 5.98. The first kappa shape index (κ1) is 19.0. The Bertz CT molecular complexity index is 675. The maximum absolute atomic E-state index is 12.6. The third-order valence-electron chi connectivity index (χ3n) is 3.80. The van der Waals surface area contributed by atoms with Gasteiger partial charge in [-0.2, -0.15) is 0 Å². The second kappa shape index (κ2) is 8.65. The second-order valence-corrected chi connectivity index (χ2v) is 5.49. The van der Waals surface area contributed by atoms with Gasteiger partial charge in [0.2, 0.25) is 5.79 Å². The Labute approximate surface area is 148 Å². The van der Waals surface area contributed by atoms with Crippen LogP contribution in [0.15, 0.2) is 60.1 Å². The maximum Gasteiger partial charge on any atom is 0.214 e. The Morgan fingerprint density at radius 3 is 2.52 bits per heavy atom. The Hall–Kier alpha value is -2.37. The third-order valence-corrected chi connectivity index (χ3v) is 3.80. The number of rotatable bonds is 8. The lowest BCUT2D eigenvalue weighted by Gasteiger charge is -2.32. The third kappa shape index (κ3) is 4.59. The molecule has 0 saturated carbocycles. The summed E-state index contributed by atoms with van der Waals surface area (Å²) < 4.78 is 16.5. The van der Waals surface area contributed by atoms with E-state index in [4.69, 9.17) is 14.2 Å². The molecule has 0 heterocycles. The van der Waals surface area contributed by atoms with E-state index in [1.54, 1.807) is 12.2 Å². The summed E-state index contributed by atoms with van der Waals surface area (Å²) in [7, 11) is 1.47. The summed E-state index contributed by atoms with van der Waals surface area (Å²) in [6.45, 7) is 4.36. The highest BCUT2D eigenvalue weighted by Crippen LogP contribution is 2.34. The Morgan fingerprint density at radius 2 is 1.92 bits per heavy atom. The van der Waals surface area contributed by atoms with Crippen LogP contribution in [0.5, 0.6) is 0 Å². The van der Waals surface area contributed by atoms with Gasteiger partial charge >= 0.3 is 0 Å². The number of hydrogen-bond donors (Lipinski definition) is 1. The van der Waals surface area contributed by atoms with Crippen molar-refractivity contribution in [3.8, 4) is 0 Å². The summed E-state index contributed by atoms with van der Waals surface area (Å²) >= 11 is 0. The maximum atomic E-state index is 12.6. The van der Waals surface area contributed by atoms with Crippen LogP contribution in [0.25, 0.3) is 6.08 Å². The Balaban J connectivity index is 2.29. The fourth-order valence-electron chi connectivity index (χ4n) is 2.66. The smallest absolute Gasteiger partial charge is 0.214 e. The average molecular weight is 344 g/mol. The summed E-state index contributed by atoms with van der Waals surface area (Å²) in [5, 5.41) is 10.5. The molecule has 5 nitrogen and oxygen atoms in total. The molecule has 1 N–H and O–H groups in total. The van der Waals surface area contributed by atoms with Gasteiger partial charge in [0, 0.05) is 25.9 Å². The van der Waals surface area contributed by atoms with E-state index in [2.05, 4.69) is 0 Å². The van der Waals surface area contributed by atoms with Crippen molar-refractivity contribution in [2.45, 2.75) is 19.6 Å². The zero-order valence-corrected chi connectivity index (χ0v) is 14.8. The van der Waals surface area contributed by atoms with E-state index in [0.717, 1.165) is 5.56 Å². The number of ketones is 1. The van der Waals surface area contributed by atoms with Crippen LogP contribution >= 0.6 is 0 Å². The summed E-state index contributed by atoms with van der Waals surface area (Å²) in [5.74, 6) is -2.24. The van der Waals surface area contributed by atoms with Gasteiger partial charge in [0.25, 0.3) is 0 Å². The molecule has 2 unspecified atom stereocenters. The van der Waals surface area contributed by atoms with Crippen LogP contribution in [0.1, 0.15) is 19.4 Å². The van der Waals surface area contributed by atoms with Crippen molar-refractivity contribution in [1.29, 1.82) is 0 Å². The molecule has 0 fully saturated rings. The van der Waals surface area contributed by atoms with Crippen molar-refractivity contribution < 1.29 is 24.1 Å². The van der Waals surface area contributed by atoms with Crippen LogP contribution in [0, 0.1) is 5.92 Å². The normalized spacial score (nSPS) is 23.2. The lowest BCUT2D eigenvalue weighted by molar-refractivity contribution is -0.156. The molecule has 1 aromatic rings. The summed E-state index contributed by atoms with van der Waals surface area (Å²) in [6.07, 6.45) is 6.15. The molecule has 1 aliphatic rings. The fourth-order valence-corrected chi connectivity index (χ4v) is 2.66. The van der Waals surface area contributed by atoms with E-state index in [9.17, 15) is 9.90 Å². The Morgan fingerprint density at radius 1 is 1.20 bits per heavy atom. The monoisotopic (exact) mass is 344 g/mol. The van der Waals surface area contributed by atoms with Gasteiger partial charge < -0.3 is 19.3 Å². The number of carbonyl (C=O) groups is 1. The van der Waals surface area contributed by atoms with Crippen molar-refractivity contribution in [3.05, 3.63) is 65.6 Å². The number of methoxy groups -OCH3 is 1. The van der Waals surface area contributed by atoms with Crippen LogP contribution < -0.4 is 0 Å². The van der Waals surface area contributed by atoms with Gasteiger partial charge in [0.1, 0.15) is 17.4 Å². The number of ether oxygens (including phenoxy) is 3. The first-order valence-corrected chi connectivity index (χ1v) is 8.28. The van der Waals surface area contributed by atoms with E-state index in [-0.39, 0.29) is 11.5 Å². The number of carbonyl (C=O) groups excluding carboxylic acids is 1. The first-order valence-electron chi connectivity index (χ1n) is 8.28. The van der Waals surface area contributed by atoms with Crippen molar-refractivity contribution in [1.82, 2.24) is 0 Å². The minimum Gasteiger partial charge on any atom is -0.511 e. The molecular formula is C20H24O5. The molecule has 0 bridgehead atoms. The average Bonchev–Trinajstić information content (AvgIpc) is 2.61. The lowest BCUT2D eigenvalue weighted by Crippen LogP contribution is -2.37. The number of benzene rings is 1. The van der Waals surface area contributed by atoms with Crippen molar-refractivity contribution in [2.75, 3.05) is 20.3 Å². The van der Waals surface area contributed by atoms with Crippen LogP contribution in [-0.2, 0) is 19.0 Å². The lowest BCUT2D eigenvalue weighted by atomic mass is 9.91. The molecule has 2 atom stereocenters. The van der Waals surface area contributed by atoms with Gasteiger partial charge in [0.15, 0.2) is 5.78 Å². The molecule has 0 aromatic heterocycles. The molecule has 0 spiro atoms. The highest BCUT2D eigenvalue weighted by atomic mass is 16.7. The van der Waals surface area contributed by atoms with E-state index >= 15 is 0 Å². The molecular weight excluding hydrogens is 320 g/mol. The standard InChI is InChI=1S/C20H24O5/c1-4-24-18-14-20(23-3,25-5-2)13-17(22)19(18)16(21)12-11-15-9-7-6-8-10-15/h6-14,19,22H,4-5H2,1-3H3/b12-11+.